The number of hydrogen-bond donors (Lipinski definition) is 3. The Bertz CT molecular complexity index is 438. The molecule has 0 rings (SSSR count). The summed E-state index contributed by atoms with van der Waals surface area (Å²) in [5.41, 5.74) is -0.287. The van der Waals surface area contributed by atoms with E-state index in [0.29, 0.717) is 5.96 Å². The number of guanidine groups is 1. The summed E-state index contributed by atoms with van der Waals surface area (Å²) in [6.07, 6.45) is 0. The summed E-state index contributed by atoms with van der Waals surface area (Å²) in [6.45, 7) is 7.64. The molecular weight excluding hydrogens is 280 g/mol. The van der Waals surface area contributed by atoms with Crippen LogP contribution < -0.4 is 16.0 Å². The molecule has 118 valence electrons. The number of carbonyl (C=O) groups excluding carboxylic acids is 1. The Labute approximate surface area is 121 Å². The first-order chi connectivity index (χ1) is 9.09. The van der Waals surface area contributed by atoms with Gasteiger partial charge in [0.05, 0.1) is 12.3 Å². The van der Waals surface area contributed by atoms with Crippen LogP contribution in [0, 0.1) is 0 Å². The van der Waals surface area contributed by atoms with Crippen LogP contribution in [0.5, 0.6) is 0 Å². The van der Waals surface area contributed by atoms with Crippen molar-refractivity contribution in [2.24, 2.45) is 4.99 Å². The predicted octanol–water partition coefficient (Wildman–Crippen LogP) is -0.499. The number of aliphatic imine (C=N–C) groups is 1. The molecule has 0 aliphatic rings. The first-order valence-corrected chi connectivity index (χ1v) is 8.37. The Balaban J connectivity index is 4.10. The van der Waals surface area contributed by atoms with Crippen LogP contribution in [0.1, 0.15) is 27.7 Å². The van der Waals surface area contributed by atoms with Gasteiger partial charge in [-0.1, -0.05) is 6.92 Å². The van der Waals surface area contributed by atoms with Gasteiger partial charge in [0.2, 0.25) is 5.91 Å². The van der Waals surface area contributed by atoms with Crippen LogP contribution in [0.4, 0.5) is 0 Å². The summed E-state index contributed by atoms with van der Waals surface area (Å²) in [5, 5.41) is 8.49. The van der Waals surface area contributed by atoms with Crippen LogP contribution in [-0.4, -0.2) is 57.5 Å². The van der Waals surface area contributed by atoms with Crippen molar-refractivity contribution in [1.82, 2.24) is 16.0 Å². The summed E-state index contributed by atoms with van der Waals surface area (Å²) < 4.78 is 22.7. The molecule has 0 saturated carbocycles. The largest absolute Gasteiger partial charge is 0.355 e. The van der Waals surface area contributed by atoms with Crippen molar-refractivity contribution in [2.75, 3.05) is 31.6 Å². The zero-order chi connectivity index (χ0) is 15.8. The normalized spacial score (nSPS) is 12.9. The van der Waals surface area contributed by atoms with Crippen LogP contribution in [-0.2, 0) is 14.6 Å². The summed E-state index contributed by atoms with van der Waals surface area (Å²) in [5.74, 6) is 0.412. The lowest BCUT2D eigenvalue weighted by Crippen LogP contribution is -2.48. The molecule has 0 spiro atoms. The third-order valence-electron chi connectivity index (χ3n) is 2.30. The summed E-state index contributed by atoms with van der Waals surface area (Å²) in [7, 11) is -1.44. The Hall–Kier alpha value is -1.31. The van der Waals surface area contributed by atoms with Crippen molar-refractivity contribution in [3.8, 4) is 0 Å². The summed E-state index contributed by atoms with van der Waals surface area (Å²) >= 11 is 0. The van der Waals surface area contributed by atoms with E-state index in [1.54, 1.807) is 14.0 Å². The van der Waals surface area contributed by atoms with E-state index in [0.717, 1.165) is 0 Å². The van der Waals surface area contributed by atoms with Gasteiger partial charge in [-0.15, -0.1) is 0 Å². The molecule has 20 heavy (non-hydrogen) atoms. The molecule has 8 heteroatoms. The number of sulfone groups is 1. The van der Waals surface area contributed by atoms with Gasteiger partial charge in [-0.25, -0.2) is 8.42 Å². The van der Waals surface area contributed by atoms with Crippen LogP contribution in [0.25, 0.3) is 0 Å². The van der Waals surface area contributed by atoms with E-state index in [4.69, 9.17) is 0 Å². The van der Waals surface area contributed by atoms with Crippen LogP contribution >= 0.6 is 0 Å². The number of amides is 1. The molecule has 0 bridgehead atoms. The van der Waals surface area contributed by atoms with E-state index >= 15 is 0 Å². The quantitative estimate of drug-likeness (QED) is 0.454. The smallest absolute Gasteiger partial charge is 0.239 e. The van der Waals surface area contributed by atoms with Crippen molar-refractivity contribution >= 4 is 21.7 Å². The lowest BCUT2D eigenvalue weighted by atomic mass is 10.1. The summed E-state index contributed by atoms with van der Waals surface area (Å²) in [6, 6.07) is 0. The topological polar surface area (TPSA) is 99.7 Å². The maximum atomic E-state index is 11.6. The number of carbonyl (C=O) groups is 1. The fourth-order valence-electron chi connectivity index (χ4n) is 1.32. The van der Waals surface area contributed by atoms with Crippen LogP contribution in [0.15, 0.2) is 4.99 Å². The van der Waals surface area contributed by atoms with Crippen molar-refractivity contribution < 1.29 is 13.2 Å². The number of nitrogens with zero attached hydrogens (tertiary/aromatic N) is 1. The molecule has 0 aromatic rings. The van der Waals surface area contributed by atoms with E-state index in [-0.39, 0.29) is 36.0 Å². The van der Waals surface area contributed by atoms with E-state index in [1.807, 2.05) is 20.8 Å². The average molecular weight is 306 g/mol. The fourth-order valence-corrected chi connectivity index (χ4v) is 2.02. The molecule has 0 unspecified atom stereocenters. The van der Waals surface area contributed by atoms with Crippen molar-refractivity contribution in [1.29, 1.82) is 0 Å². The van der Waals surface area contributed by atoms with Crippen molar-refractivity contribution in [2.45, 2.75) is 33.2 Å². The Morgan fingerprint density at radius 1 is 1.20 bits per heavy atom. The minimum Gasteiger partial charge on any atom is -0.355 e. The van der Waals surface area contributed by atoms with Gasteiger partial charge in [0.1, 0.15) is 0 Å². The number of rotatable bonds is 6. The lowest BCUT2D eigenvalue weighted by Gasteiger charge is -2.21. The molecule has 3 N–H and O–H groups in total. The van der Waals surface area contributed by atoms with Gasteiger partial charge < -0.3 is 16.0 Å². The third-order valence-corrected chi connectivity index (χ3v) is 4.01. The van der Waals surface area contributed by atoms with Crippen LogP contribution in [0.2, 0.25) is 0 Å². The standard InChI is InChI=1S/C12H26N4O3S/c1-6-20(18,19)8-7-14-11(13-5)15-9-10(17)16-12(2,3)4/h6-9H2,1-5H3,(H,16,17)(H2,13,14,15). The first kappa shape index (κ1) is 18.7. The average Bonchev–Trinajstić information content (AvgIpc) is 2.31. The van der Waals surface area contributed by atoms with E-state index in [2.05, 4.69) is 20.9 Å². The van der Waals surface area contributed by atoms with Gasteiger partial charge in [0.25, 0.3) is 0 Å². The van der Waals surface area contributed by atoms with Gasteiger partial charge in [-0.05, 0) is 20.8 Å². The Morgan fingerprint density at radius 2 is 1.80 bits per heavy atom. The van der Waals surface area contributed by atoms with E-state index < -0.39 is 9.84 Å². The Morgan fingerprint density at radius 3 is 2.25 bits per heavy atom. The highest BCUT2D eigenvalue weighted by molar-refractivity contribution is 7.91. The maximum absolute atomic E-state index is 11.6. The van der Waals surface area contributed by atoms with Crippen molar-refractivity contribution in [3.63, 3.8) is 0 Å². The second kappa shape index (κ2) is 8.08. The highest BCUT2D eigenvalue weighted by Crippen LogP contribution is 1.97. The predicted molar refractivity (Wildman–Crippen MR) is 81.6 cm³/mol. The lowest BCUT2D eigenvalue weighted by molar-refractivity contribution is -0.121. The van der Waals surface area contributed by atoms with Gasteiger partial charge in [-0.2, -0.15) is 0 Å². The van der Waals surface area contributed by atoms with Crippen LogP contribution in [0.3, 0.4) is 0 Å². The molecule has 1 amide bonds. The third kappa shape index (κ3) is 9.60. The highest BCUT2D eigenvalue weighted by Gasteiger charge is 2.13. The van der Waals surface area contributed by atoms with Gasteiger partial charge >= 0.3 is 0 Å². The number of nitrogens with one attached hydrogen (secondary N) is 3. The van der Waals surface area contributed by atoms with E-state index in [1.165, 1.54) is 0 Å². The highest BCUT2D eigenvalue weighted by atomic mass is 32.2. The second-order valence-corrected chi connectivity index (χ2v) is 7.86. The molecule has 0 aromatic carbocycles. The fraction of sp³-hybridized carbons (Fsp3) is 0.833. The first-order valence-electron chi connectivity index (χ1n) is 6.55. The van der Waals surface area contributed by atoms with Gasteiger partial charge in [0, 0.05) is 24.9 Å². The van der Waals surface area contributed by atoms with E-state index in [9.17, 15) is 13.2 Å². The minimum absolute atomic E-state index is 0.0401. The molecule has 0 aliphatic heterocycles. The summed E-state index contributed by atoms with van der Waals surface area (Å²) in [4.78, 5) is 15.5. The molecule has 0 heterocycles. The van der Waals surface area contributed by atoms with Crippen molar-refractivity contribution in [3.05, 3.63) is 0 Å². The molecule has 0 saturated heterocycles. The van der Waals surface area contributed by atoms with Gasteiger partial charge in [0.15, 0.2) is 15.8 Å². The molecule has 0 aliphatic carbocycles. The zero-order valence-corrected chi connectivity index (χ0v) is 13.7. The molecular formula is C12H26N4O3S. The second-order valence-electron chi connectivity index (χ2n) is 5.39. The monoisotopic (exact) mass is 306 g/mol. The molecule has 0 atom stereocenters. The molecule has 0 aromatic heterocycles. The number of hydrogen-bond acceptors (Lipinski definition) is 4. The maximum Gasteiger partial charge on any atom is 0.239 e. The Kier molecular flexibility index (Phi) is 7.55. The molecule has 0 fully saturated rings. The van der Waals surface area contributed by atoms with Gasteiger partial charge in [-0.3, -0.25) is 9.79 Å². The minimum atomic E-state index is -3.00. The SMILES string of the molecule is CCS(=O)(=O)CCNC(=NC)NCC(=O)NC(C)(C)C. The zero-order valence-electron chi connectivity index (χ0n) is 12.9. The molecule has 7 nitrogen and oxygen atoms in total. The molecule has 0 radical (unpaired) electrons.